The molecule has 0 fully saturated rings. The first kappa shape index (κ1) is 16.3. The summed E-state index contributed by atoms with van der Waals surface area (Å²) in [5, 5.41) is 3.42. The van der Waals surface area contributed by atoms with Gasteiger partial charge in [-0.05, 0) is 61.0 Å². The lowest BCUT2D eigenvalue weighted by Gasteiger charge is -2.07. The van der Waals surface area contributed by atoms with E-state index in [9.17, 15) is 4.79 Å². The number of anilines is 1. The number of aromatic nitrogens is 2. The Labute approximate surface area is 154 Å². The number of hydrogen-bond donors (Lipinski definition) is 1. The summed E-state index contributed by atoms with van der Waals surface area (Å²) in [6.07, 6.45) is 1.67. The molecule has 2 heterocycles. The second-order valence-corrected chi connectivity index (χ2v) is 6.25. The van der Waals surface area contributed by atoms with Crippen molar-refractivity contribution in [3.63, 3.8) is 0 Å². The molecule has 0 saturated carbocycles. The molecule has 0 saturated heterocycles. The Hall–Kier alpha value is -3.18. The van der Waals surface area contributed by atoms with Crippen LogP contribution in [0.2, 0.25) is 5.02 Å². The van der Waals surface area contributed by atoms with Gasteiger partial charge in [-0.25, -0.2) is 4.98 Å². The number of carbonyl (C=O) groups is 1. The molecule has 0 aliphatic rings. The molecule has 4 aromatic rings. The summed E-state index contributed by atoms with van der Waals surface area (Å²) in [5.74, 6) is 0.271. The number of carbonyl (C=O) groups excluding carboxylic acids is 1. The van der Waals surface area contributed by atoms with E-state index in [1.807, 2.05) is 31.2 Å². The van der Waals surface area contributed by atoms with Gasteiger partial charge in [0.15, 0.2) is 11.2 Å². The maximum absolute atomic E-state index is 12.3. The van der Waals surface area contributed by atoms with Gasteiger partial charge >= 0.3 is 0 Å². The summed E-state index contributed by atoms with van der Waals surface area (Å²) < 4.78 is 5.69. The third-order valence-corrected chi connectivity index (χ3v) is 4.40. The summed E-state index contributed by atoms with van der Waals surface area (Å²) in [6, 6.07) is 16.1. The van der Waals surface area contributed by atoms with Crippen LogP contribution in [0.15, 0.2) is 65.2 Å². The van der Waals surface area contributed by atoms with Gasteiger partial charge in [-0.2, -0.15) is 4.98 Å². The standard InChI is InChI=1S/C20H14ClN3O2/c1-12-4-5-14(11-16(12)21)19(25)23-15-8-6-13(7-9-15)20-24-18-17(26-20)3-2-10-22-18/h2-11H,1H3,(H,23,25). The summed E-state index contributed by atoms with van der Waals surface area (Å²) in [5.41, 5.74) is 4.12. The highest BCUT2D eigenvalue weighted by molar-refractivity contribution is 6.31. The molecule has 0 atom stereocenters. The zero-order valence-electron chi connectivity index (χ0n) is 13.9. The van der Waals surface area contributed by atoms with E-state index in [4.69, 9.17) is 16.0 Å². The number of fused-ring (bicyclic) bond motifs is 1. The van der Waals surface area contributed by atoms with Gasteiger partial charge < -0.3 is 9.73 Å². The molecule has 2 aromatic carbocycles. The molecule has 128 valence electrons. The number of oxazole rings is 1. The van der Waals surface area contributed by atoms with Crippen LogP contribution in [-0.4, -0.2) is 15.9 Å². The van der Waals surface area contributed by atoms with Crippen LogP contribution in [0.25, 0.3) is 22.7 Å². The van der Waals surface area contributed by atoms with Crippen LogP contribution in [0.3, 0.4) is 0 Å². The van der Waals surface area contributed by atoms with Crippen molar-refractivity contribution in [1.29, 1.82) is 0 Å². The van der Waals surface area contributed by atoms with E-state index >= 15 is 0 Å². The predicted octanol–water partition coefficient (Wildman–Crippen LogP) is 5.10. The number of rotatable bonds is 3. The monoisotopic (exact) mass is 363 g/mol. The third kappa shape index (κ3) is 3.17. The van der Waals surface area contributed by atoms with E-state index in [1.54, 1.807) is 36.5 Å². The van der Waals surface area contributed by atoms with Gasteiger partial charge in [0, 0.05) is 28.0 Å². The van der Waals surface area contributed by atoms with Crippen molar-refractivity contribution in [2.75, 3.05) is 5.32 Å². The number of nitrogens with zero attached hydrogens (tertiary/aromatic N) is 2. The molecule has 0 radical (unpaired) electrons. The van der Waals surface area contributed by atoms with Crippen LogP contribution in [0.1, 0.15) is 15.9 Å². The van der Waals surface area contributed by atoms with Crippen molar-refractivity contribution in [1.82, 2.24) is 9.97 Å². The molecule has 4 rings (SSSR count). The first-order valence-electron chi connectivity index (χ1n) is 8.00. The lowest BCUT2D eigenvalue weighted by molar-refractivity contribution is 0.102. The number of benzene rings is 2. The number of halogens is 1. The van der Waals surface area contributed by atoms with Gasteiger partial charge in [-0.15, -0.1) is 0 Å². The summed E-state index contributed by atoms with van der Waals surface area (Å²) in [7, 11) is 0. The molecule has 0 aliphatic heterocycles. The van der Waals surface area contributed by atoms with Gasteiger partial charge in [0.05, 0.1) is 0 Å². The van der Waals surface area contributed by atoms with Crippen LogP contribution in [-0.2, 0) is 0 Å². The van der Waals surface area contributed by atoms with Gasteiger partial charge in [-0.1, -0.05) is 17.7 Å². The fourth-order valence-corrected chi connectivity index (χ4v) is 2.71. The molecule has 1 amide bonds. The minimum Gasteiger partial charge on any atom is -0.434 e. The SMILES string of the molecule is Cc1ccc(C(=O)Nc2ccc(-c3nc4ncccc4o3)cc2)cc1Cl. The Kier molecular flexibility index (Phi) is 4.14. The van der Waals surface area contributed by atoms with E-state index in [0.29, 0.717) is 33.4 Å². The molecule has 1 N–H and O–H groups in total. The van der Waals surface area contributed by atoms with E-state index < -0.39 is 0 Å². The molecule has 26 heavy (non-hydrogen) atoms. The molecule has 0 bridgehead atoms. The van der Waals surface area contributed by atoms with Gasteiger partial charge in [-0.3, -0.25) is 4.79 Å². The number of nitrogens with one attached hydrogen (secondary N) is 1. The van der Waals surface area contributed by atoms with Crippen LogP contribution in [0, 0.1) is 6.92 Å². The zero-order valence-corrected chi connectivity index (χ0v) is 14.6. The quantitative estimate of drug-likeness (QED) is 0.549. The average Bonchev–Trinajstić information content (AvgIpc) is 3.08. The number of aryl methyl sites for hydroxylation is 1. The molecule has 0 unspecified atom stereocenters. The fraction of sp³-hybridized carbons (Fsp3) is 0.0500. The van der Waals surface area contributed by atoms with Crippen molar-refractivity contribution >= 4 is 34.4 Å². The highest BCUT2D eigenvalue weighted by Crippen LogP contribution is 2.24. The number of hydrogen-bond acceptors (Lipinski definition) is 4. The van der Waals surface area contributed by atoms with E-state index in [2.05, 4.69) is 15.3 Å². The maximum Gasteiger partial charge on any atom is 0.255 e. The normalized spacial score (nSPS) is 10.8. The summed E-state index contributed by atoms with van der Waals surface area (Å²) in [4.78, 5) is 20.9. The van der Waals surface area contributed by atoms with E-state index in [1.165, 1.54) is 0 Å². The van der Waals surface area contributed by atoms with Gasteiger partial charge in [0.1, 0.15) is 0 Å². The molecular formula is C20H14ClN3O2. The third-order valence-electron chi connectivity index (χ3n) is 3.99. The second kappa shape index (κ2) is 6.61. The highest BCUT2D eigenvalue weighted by atomic mass is 35.5. The lowest BCUT2D eigenvalue weighted by Crippen LogP contribution is -2.11. The van der Waals surface area contributed by atoms with E-state index in [0.717, 1.165) is 11.1 Å². The van der Waals surface area contributed by atoms with Crippen molar-refractivity contribution in [3.8, 4) is 11.5 Å². The molecule has 6 heteroatoms. The predicted molar refractivity (Wildman–Crippen MR) is 101 cm³/mol. The van der Waals surface area contributed by atoms with Crippen LogP contribution < -0.4 is 5.32 Å². The van der Waals surface area contributed by atoms with Crippen molar-refractivity contribution in [2.45, 2.75) is 6.92 Å². The zero-order chi connectivity index (χ0) is 18.1. The van der Waals surface area contributed by atoms with Crippen LogP contribution in [0.5, 0.6) is 0 Å². The minimum atomic E-state index is -0.217. The number of pyridine rings is 1. The smallest absolute Gasteiger partial charge is 0.255 e. The van der Waals surface area contributed by atoms with Gasteiger partial charge in [0.2, 0.25) is 5.89 Å². The molecule has 0 aliphatic carbocycles. The fourth-order valence-electron chi connectivity index (χ4n) is 2.53. The minimum absolute atomic E-state index is 0.217. The Balaban J connectivity index is 1.53. The number of amides is 1. The van der Waals surface area contributed by atoms with Crippen LogP contribution >= 0.6 is 11.6 Å². The highest BCUT2D eigenvalue weighted by Gasteiger charge is 2.10. The van der Waals surface area contributed by atoms with Crippen molar-refractivity contribution in [3.05, 3.63) is 76.9 Å². The lowest BCUT2D eigenvalue weighted by atomic mass is 10.1. The summed E-state index contributed by atoms with van der Waals surface area (Å²) >= 11 is 6.08. The second-order valence-electron chi connectivity index (χ2n) is 5.84. The topological polar surface area (TPSA) is 68.0 Å². The largest absolute Gasteiger partial charge is 0.434 e. The Morgan fingerprint density at radius 1 is 1.12 bits per heavy atom. The Morgan fingerprint density at radius 2 is 1.92 bits per heavy atom. The van der Waals surface area contributed by atoms with E-state index in [-0.39, 0.29) is 5.91 Å². The first-order chi connectivity index (χ1) is 12.6. The van der Waals surface area contributed by atoms with Crippen LogP contribution in [0.4, 0.5) is 5.69 Å². The molecule has 0 spiro atoms. The Morgan fingerprint density at radius 3 is 2.65 bits per heavy atom. The first-order valence-corrected chi connectivity index (χ1v) is 8.37. The van der Waals surface area contributed by atoms with Crippen molar-refractivity contribution < 1.29 is 9.21 Å². The average molecular weight is 364 g/mol. The Bertz CT molecular complexity index is 1070. The molecule has 5 nitrogen and oxygen atoms in total. The van der Waals surface area contributed by atoms with Gasteiger partial charge in [0.25, 0.3) is 5.91 Å². The molecular weight excluding hydrogens is 350 g/mol. The maximum atomic E-state index is 12.3. The molecule has 2 aromatic heterocycles. The van der Waals surface area contributed by atoms with Crippen molar-refractivity contribution in [2.24, 2.45) is 0 Å². The summed E-state index contributed by atoms with van der Waals surface area (Å²) in [6.45, 7) is 1.89.